The van der Waals surface area contributed by atoms with Crippen molar-refractivity contribution < 1.29 is 14.0 Å². The quantitative estimate of drug-likeness (QED) is 0.728. The number of hydrogen-bond donors (Lipinski definition) is 0. The number of benzene rings is 1. The van der Waals surface area contributed by atoms with Gasteiger partial charge in [-0.1, -0.05) is 13.8 Å². The highest BCUT2D eigenvalue weighted by Gasteiger charge is 2.38. The van der Waals surface area contributed by atoms with Crippen LogP contribution in [-0.2, 0) is 9.59 Å². The van der Waals surface area contributed by atoms with Gasteiger partial charge in [0.25, 0.3) is 0 Å². The third-order valence-corrected chi connectivity index (χ3v) is 3.09. The highest BCUT2D eigenvalue weighted by atomic mass is 19.1. The first-order valence-corrected chi connectivity index (χ1v) is 5.89. The number of carbonyl (C=O) groups excluding carboxylic acids is 2. The molecule has 4 nitrogen and oxygen atoms in total. The standard InChI is InChI=1S/C14H13FN2O2/c1-14(2)6-12(18)17(13(19)7-14)10-3-4-11(15)9(5-10)8-16/h3-5H,6-7H2,1-2H3. The highest BCUT2D eigenvalue weighted by molar-refractivity contribution is 6.16. The van der Waals surface area contributed by atoms with Crippen molar-refractivity contribution in [1.29, 1.82) is 5.26 Å². The van der Waals surface area contributed by atoms with Gasteiger partial charge >= 0.3 is 0 Å². The molecule has 1 saturated heterocycles. The maximum atomic E-state index is 13.2. The second kappa shape index (κ2) is 4.47. The predicted octanol–water partition coefficient (Wildman–Crippen LogP) is 2.38. The molecular formula is C14H13FN2O2. The van der Waals surface area contributed by atoms with Crippen LogP contribution in [0.15, 0.2) is 18.2 Å². The SMILES string of the molecule is CC1(C)CC(=O)N(c2ccc(F)c(C#N)c2)C(=O)C1. The van der Waals surface area contributed by atoms with Gasteiger partial charge in [-0.3, -0.25) is 14.5 Å². The Morgan fingerprint density at radius 2 is 1.84 bits per heavy atom. The molecular weight excluding hydrogens is 247 g/mol. The molecule has 0 radical (unpaired) electrons. The van der Waals surface area contributed by atoms with E-state index in [-0.39, 0.29) is 41.3 Å². The Morgan fingerprint density at radius 1 is 1.26 bits per heavy atom. The van der Waals surface area contributed by atoms with Gasteiger partial charge in [-0.05, 0) is 23.6 Å². The van der Waals surface area contributed by atoms with Crippen LogP contribution in [0.1, 0.15) is 32.3 Å². The average molecular weight is 260 g/mol. The molecule has 0 spiro atoms. The minimum absolute atomic E-state index is 0.178. The van der Waals surface area contributed by atoms with Gasteiger partial charge in [0.2, 0.25) is 11.8 Å². The van der Waals surface area contributed by atoms with Gasteiger partial charge in [-0.2, -0.15) is 5.26 Å². The summed E-state index contributed by atoms with van der Waals surface area (Å²) < 4.78 is 13.2. The first kappa shape index (κ1) is 13.2. The molecule has 1 aromatic carbocycles. The van der Waals surface area contributed by atoms with Gasteiger partial charge in [0, 0.05) is 12.8 Å². The molecule has 0 saturated carbocycles. The molecule has 0 unspecified atom stereocenters. The van der Waals surface area contributed by atoms with Gasteiger partial charge in [0.05, 0.1) is 11.3 Å². The molecule has 19 heavy (non-hydrogen) atoms. The van der Waals surface area contributed by atoms with Gasteiger partial charge in [-0.15, -0.1) is 0 Å². The van der Waals surface area contributed by atoms with Crippen molar-refractivity contribution in [1.82, 2.24) is 0 Å². The lowest BCUT2D eigenvalue weighted by Gasteiger charge is -2.34. The van der Waals surface area contributed by atoms with E-state index < -0.39 is 5.82 Å². The number of rotatable bonds is 1. The van der Waals surface area contributed by atoms with Crippen LogP contribution in [0.25, 0.3) is 0 Å². The molecule has 1 fully saturated rings. The number of piperidine rings is 1. The Labute approximate surface area is 110 Å². The summed E-state index contributed by atoms with van der Waals surface area (Å²) in [7, 11) is 0. The van der Waals surface area contributed by atoms with E-state index in [0.29, 0.717) is 0 Å². The van der Waals surface area contributed by atoms with E-state index in [1.54, 1.807) is 6.07 Å². The number of anilines is 1. The summed E-state index contributed by atoms with van der Waals surface area (Å²) >= 11 is 0. The lowest BCUT2D eigenvalue weighted by atomic mass is 9.81. The van der Waals surface area contributed by atoms with E-state index in [1.165, 1.54) is 12.1 Å². The Kier molecular flexibility index (Phi) is 3.11. The van der Waals surface area contributed by atoms with Crippen LogP contribution in [0.4, 0.5) is 10.1 Å². The molecule has 98 valence electrons. The van der Waals surface area contributed by atoms with Crippen molar-refractivity contribution in [3.63, 3.8) is 0 Å². The van der Waals surface area contributed by atoms with Crippen molar-refractivity contribution in [2.24, 2.45) is 5.41 Å². The van der Waals surface area contributed by atoms with E-state index in [2.05, 4.69) is 0 Å². The summed E-state index contributed by atoms with van der Waals surface area (Å²) in [6.07, 6.45) is 0.496. The Bertz CT molecular complexity index is 582. The van der Waals surface area contributed by atoms with Crippen LogP contribution in [0.3, 0.4) is 0 Å². The largest absolute Gasteiger partial charge is 0.274 e. The average Bonchev–Trinajstić information content (AvgIpc) is 2.28. The van der Waals surface area contributed by atoms with Crippen LogP contribution in [0.2, 0.25) is 0 Å². The second-order valence-corrected chi connectivity index (χ2v) is 5.42. The van der Waals surface area contributed by atoms with Gasteiger partial charge in [0.15, 0.2) is 0 Å². The smallest absolute Gasteiger partial charge is 0.234 e. The van der Waals surface area contributed by atoms with E-state index in [1.807, 2.05) is 13.8 Å². The zero-order valence-corrected chi connectivity index (χ0v) is 10.7. The summed E-state index contributed by atoms with van der Waals surface area (Å²) in [5, 5.41) is 8.78. The maximum absolute atomic E-state index is 13.2. The van der Waals surface area contributed by atoms with Crippen molar-refractivity contribution in [3.05, 3.63) is 29.6 Å². The molecule has 0 N–H and O–H groups in total. The molecule has 0 atom stereocenters. The second-order valence-electron chi connectivity index (χ2n) is 5.42. The molecule has 1 heterocycles. The fourth-order valence-corrected chi connectivity index (χ4v) is 2.20. The summed E-state index contributed by atoms with van der Waals surface area (Å²) in [5.74, 6) is -1.31. The Hall–Kier alpha value is -2.22. The Morgan fingerprint density at radius 3 is 2.37 bits per heavy atom. The molecule has 2 rings (SSSR count). The topological polar surface area (TPSA) is 61.2 Å². The number of carbonyl (C=O) groups is 2. The number of hydrogen-bond acceptors (Lipinski definition) is 3. The van der Waals surface area contributed by atoms with E-state index in [0.717, 1.165) is 11.0 Å². The number of nitriles is 1. The first-order valence-electron chi connectivity index (χ1n) is 5.89. The lowest BCUT2D eigenvalue weighted by Crippen LogP contribution is -2.46. The molecule has 2 amide bonds. The number of amides is 2. The fraction of sp³-hybridized carbons (Fsp3) is 0.357. The molecule has 5 heteroatoms. The van der Waals surface area contributed by atoms with E-state index in [9.17, 15) is 14.0 Å². The number of nitrogens with zero attached hydrogens (tertiary/aromatic N) is 2. The van der Waals surface area contributed by atoms with E-state index >= 15 is 0 Å². The monoisotopic (exact) mass is 260 g/mol. The third kappa shape index (κ3) is 2.48. The minimum atomic E-state index is -0.663. The molecule has 1 aliphatic heterocycles. The lowest BCUT2D eigenvalue weighted by molar-refractivity contribution is -0.132. The van der Waals surface area contributed by atoms with Gasteiger partial charge in [0.1, 0.15) is 11.9 Å². The summed E-state index contributed by atoms with van der Waals surface area (Å²) in [5.41, 5.74) is -0.283. The first-order chi connectivity index (χ1) is 8.84. The van der Waals surface area contributed by atoms with Crippen molar-refractivity contribution in [2.75, 3.05) is 4.90 Å². The molecule has 1 aliphatic rings. The summed E-state index contributed by atoms with van der Waals surface area (Å²) in [6.45, 7) is 3.71. The van der Waals surface area contributed by atoms with Crippen LogP contribution >= 0.6 is 0 Å². The fourth-order valence-electron chi connectivity index (χ4n) is 2.20. The number of imide groups is 1. The zero-order chi connectivity index (χ0) is 14.2. The molecule has 0 aromatic heterocycles. The van der Waals surface area contributed by atoms with Crippen LogP contribution < -0.4 is 4.90 Å². The maximum Gasteiger partial charge on any atom is 0.234 e. The van der Waals surface area contributed by atoms with Crippen LogP contribution in [0.5, 0.6) is 0 Å². The normalized spacial score (nSPS) is 18.3. The predicted molar refractivity (Wildman–Crippen MR) is 66.6 cm³/mol. The number of halogens is 1. The zero-order valence-electron chi connectivity index (χ0n) is 10.7. The van der Waals surface area contributed by atoms with Crippen molar-refractivity contribution in [3.8, 4) is 6.07 Å². The Balaban J connectivity index is 2.40. The summed E-state index contributed by atoms with van der Waals surface area (Å²) in [4.78, 5) is 25.1. The summed E-state index contributed by atoms with van der Waals surface area (Å²) in [6, 6.07) is 5.35. The van der Waals surface area contributed by atoms with Gasteiger partial charge in [-0.25, -0.2) is 4.39 Å². The molecule has 0 aliphatic carbocycles. The molecule has 0 bridgehead atoms. The van der Waals surface area contributed by atoms with Crippen molar-refractivity contribution >= 4 is 17.5 Å². The van der Waals surface area contributed by atoms with Crippen LogP contribution in [0, 0.1) is 22.6 Å². The highest BCUT2D eigenvalue weighted by Crippen LogP contribution is 2.34. The van der Waals surface area contributed by atoms with Gasteiger partial charge < -0.3 is 0 Å². The van der Waals surface area contributed by atoms with Crippen LogP contribution in [-0.4, -0.2) is 11.8 Å². The van der Waals surface area contributed by atoms with E-state index in [4.69, 9.17) is 5.26 Å². The third-order valence-electron chi connectivity index (χ3n) is 3.09. The minimum Gasteiger partial charge on any atom is -0.274 e. The molecule has 1 aromatic rings. The van der Waals surface area contributed by atoms with Crippen molar-refractivity contribution in [2.45, 2.75) is 26.7 Å².